The summed E-state index contributed by atoms with van der Waals surface area (Å²) in [6.45, 7) is 2.58. The normalized spacial score (nSPS) is 19.2. The van der Waals surface area contributed by atoms with Crippen molar-refractivity contribution in [3.05, 3.63) is 59.7 Å². The fraction of sp³-hybridized carbons (Fsp3) is 0.300. The molecule has 1 fully saturated rings. The van der Waals surface area contributed by atoms with E-state index in [0.717, 1.165) is 22.6 Å². The van der Waals surface area contributed by atoms with Gasteiger partial charge in [0.2, 0.25) is 0 Å². The predicted molar refractivity (Wildman–Crippen MR) is 104 cm³/mol. The molecule has 0 aliphatic carbocycles. The minimum atomic E-state index is -0.362. The summed E-state index contributed by atoms with van der Waals surface area (Å²) in [5, 5.41) is 4.02. The molecule has 142 valence electrons. The summed E-state index contributed by atoms with van der Waals surface area (Å²) in [6, 6.07) is 15.0. The summed E-state index contributed by atoms with van der Waals surface area (Å²) >= 11 is 0. The minimum absolute atomic E-state index is 0.0340. The molecule has 3 rings (SSSR count). The Morgan fingerprint density at radius 3 is 2.78 bits per heavy atom. The number of hydrogen-bond acceptors (Lipinski definition) is 6. The molecule has 7 nitrogen and oxygen atoms in total. The highest BCUT2D eigenvalue weighted by Gasteiger charge is 2.30. The van der Waals surface area contributed by atoms with Crippen molar-refractivity contribution in [2.45, 2.75) is 25.4 Å². The molecular formula is C20H24N4O3. The number of hydrazine groups is 1. The highest BCUT2D eigenvalue weighted by Crippen LogP contribution is 2.25. The predicted octanol–water partition coefficient (Wildman–Crippen LogP) is 2.15. The minimum Gasteiger partial charge on any atom is -0.497 e. The molecule has 0 saturated carbocycles. The van der Waals surface area contributed by atoms with Crippen LogP contribution in [0.25, 0.3) is 0 Å². The van der Waals surface area contributed by atoms with Gasteiger partial charge in [-0.25, -0.2) is 16.3 Å². The summed E-state index contributed by atoms with van der Waals surface area (Å²) < 4.78 is 10.6. The topological polar surface area (TPSA) is 84.0 Å². The largest absolute Gasteiger partial charge is 0.497 e. The number of ether oxygens (including phenoxy) is 2. The van der Waals surface area contributed by atoms with Gasteiger partial charge in [0.25, 0.3) is 5.91 Å². The van der Waals surface area contributed by atoms with Gasteiger partial charge in [-0.3, -0.25) is 4.79 Å². The van der Waals surface area contributed by atoms with E-state index in [1.807, 2.05) is 55.5 Å². The second kappa shape index (κ2) is 9.16. The van der Waals surface area contributed by atoms with Crippen LogP contribution >= 0.6 is 0 Å². The van der Waals surface area contributed by atoms with E-state index in [9.17, 15) is 4.79 Å². The molecule has 0 bridgehead atoms. The third kappa shape index (κ3) is 5.06. The van der Waals surface area contributed by atoms with E-state index >= 15 is 0 Å². The number of rotatable bonds is 7. The van der Waals surface area contributed by atoms with Crippen LogP contribution in [0.2, 0.25) is 0 Å². The smallest absolute Gasteiger partial charge is 0.258 e. The monoisotopic (exact) mass is 368 g/mol. The summed E-state index contributed by atoms with van der Waals surface area (Å²) in [5.74, 6) is 1.42. The van der Waals surface area contributed by atoms with E-state index in [2.05, 4.69) is 21.4 Å². The standard InChI is InChI=1S/C20H24N4O3/c1-3-27-17-6-4-5-15(11-17)18-12-19(23-22-18)20(25)24-21-13-14-7-9-16(26-2)10-8-14/h4-11,13,18-19,22-23H,3,12H2,1-2H3,(H,24,25)/b21-13+. The number of nitrogens with one attached hydrogen (secondary N) is 3. The molecule has 27 heavy (non-hydrogen) atoms. The van der Waals surface area contributed by atoms with Crippen LogP contribution in [-0.2, 0) is 4.79 Å². The van der Waals surface area contributed by atoms with Gasteiger partial charge >= 0.3 is 0 Å². The average molecular weight is 368 g/mol. The van der Waals surface area contributed by atoms with Crippen LogP contribution in [0.3, 0.4) is 0 Å². The first-order valence-electron chi connectivity index (χ1n) is 8.90. The maximum absolute atomic E-state index is 12.3. The average Bonchev–Trinajstić information content (AvgIpc) is 3.19. The first kappa shape index (κ1) is 18.9. The Bertz CT molecular complexity index is 792. The lowest BCUT2D eigenvalue weighted by molar-refractivity contribution is -0.122. The number of hydrazone groups is 1. The summed E-state index contributed by atoms with van der Waals surface area (Å²) in [5.41, 5.74) is 10.7. The zero-order valence-corrected chi connectivity index (χ0v) is 15.4. The van der Waals surface area contributed by atoms with Gasteiger partial charge < -0.3 is 9.47 Å². The molecule has 0 radical (unpaired) electrons. The lowest BCUT2D eigenvalue weighted by atomic mass is 10.0. The third-order valence-electron chi connectivity index (χ3n) is 4.30. The Hall–Kier alpha value is -2.90. The number of benzene rings is 2. The van der Waals surface area contributed by atoms with Gasteiger partial charge in [-0.15, -0.1) is 0 Å². The highest BCUT2D eigenvalue weighted by atomic mass is 16.5. The van der Waals surface area contributed by atoms with Gasteiger partial charge in [0.15, 0.2) is 0 Å². The Balaban J connectivity index is 1.52. The van der Waals surface area contributed by atoms with Crippen LogP contribution in [0.15, 0.2) is 53.6 Å². The number of carbonyl (C=O) groups excluding carboxylic acids is 1. The van der Waals surface area contributed by atoms with Gasteiger partial charge in [0.1, 0.15) is 17.5 Å². The van der Waals surface area contributed by atoms with Crippen molar-refractivity contribution in [1.82, 2.24) is 16.3 Å². The Kier molecular flexibility index (Phi) is 6.40. The second-order valence-electron chi connectivity index (χ2n) is 6.14. The van der Waals surface area contributed by atoms with Crippen molar-refractivity contribution in [1.29, 1.82) is 0 Å². The maximum Gasteiger partial charge on any atom is 0.258 e. The van der Waals surface area contributed by atoms with E-state index in [1.165, 1.54) is 0 Å². The van der Waals surface area contributed by atoms with Crippen LogP contribution < -0.4 is 25.8 Å². The van der Waals surface area contributed by atoms with Crippen molar-refractivity contribution in [3.63, 3.8) is 0 Å². The number of amides is 1. The lowest BCUT2D eigenvalue weighted by Gasteiger charge is -2.11. The van der Waals surface area contributed by atoms with Crippen LogP contribution in [-0.4, -0.2) is 31.9 Å². The molecule has 7 heteroatoms. The highest BCUT2D eigenvalue weighted by molar-refractivity contribution is 5.85. The molecule has 1 saturated heterocycles. The number of carbonyl (C=O) groups is 1. The van der Waals surface area contributed by atoms with E-state index in [1.54, 1.807) is 13.3 Å². The van der Waals surface area contributed by atoms with E-state index in [4.69, 9.17) is 9.47 Å². The van der Waals surface area contributed by atoms with Crippen LogP contribution in [0.1, 0.15) is 30.5 Å². The summed E-state index contributed by atoms with van der Waals surface area (Å²) in [6.07, 6.45) is 2.22. The molecule has 1 aliphatic heterocycles. The van der Waals surface area contributed by atoms with Gasteiger partial charge in [-0.1, -0.05) is 12.1 Å². The lowest BCUT2D eigenvalue weighted by Crippen LogP contribution is -2.41. The molecule has 1 heterocycles. The molecule has 2 aromatic rings. The van der Waals surface area contributed by atoms with Crippen molar-refractivity contribution >= 4 is 12.1 Å². The summed E-state index contributed by atoms with van der Waals surface area (Å²) in [7, 11) is 1.62. The Labute approximate surface area is 158 Å². The molecule has 2 atom stereocenters. The van der Waals surface area contributed by atoms with Crippen molar-refractivity contribution in [3.8, 4) is 11.5 Å². The molecule has 0 spiro atoms. The van der Waals surface area contributed by atoms with Crippen molar-refractivity contribution in [2.75, 3.05) is 13.7 Å². The van der Waals surface area contributed by atoms with Crippen LogP contribution in [0.5, 0.6) is 11.5 Å². The van der Waals surface area contributed by atoms with Crippen molar-refractivity contribution in [2.24, 2.45) is 5.10 Å². The zero-order chi connectivity index (χ0) is 19.1. The molecule has 1 amide bonds. The molecular weight excluding hydrogens is 344 g/mol. The molecule has 0 aromatic heterocycles. The van der Waals surface area contributed by atoms with E-state index in [-0.39, 0.29) is 18.0 Å². The summed E-state index contributed by atoms with van der Waals surface area (Å²) in [4.78, 5) is 12.3. The maximum atomic E-state index is 12.3. The van der Waals surface area contributed by atoms with E-state index < -0.39 is 0 Å². The first-order chi connectivity index (χ1) is 13.2. The van der Waals surface area contributed by atoms with Gasteiger partial charge in [-0.2, -0.15) is 5.10 Å². The van der Waals surface area contributed by atoms with Crippen LogP contribution in [0, 0.1) is 0 Å². The van der Waals surface area contributed by atoms with Gasteiger partial charge in [0, 0.05) is 6.04 Å². The molecule has 2 aromatic carbocycles. The number of nitrogens with zero attached hydrogens (tertiary/aromatic N) is 1. The number of methoxy groups -OCH3 is 1. The van der Waals surface area contributed by atoms with Gasteiger partial charge in [-0.05, 0) is 60.9 Å². The third-order valence-corrected chi connectivity index (χ3v) is 4.30. The Morgan fingerprint density at radius 1 is 1.22 bits per heavy atom. The molecule has 1 aliphatic rings. The first-order valence-corrected chi connectivity index (χ1v) is 8.90. The fourth-order valence-corrected chi connectivity index (χ4v) is 2.87. The SMILES string of the molecule is CCOc1cccc(C2CC(C(=O)N/N=C/c3ccc(OC)cc3)NN2)c1. The van der Waals surface area contributed by atoms with Crippen LogP contribution in [0.4, 0.5) is 0 Å². The second-order valence-corrected chi connectivity index (χ2v) is 6.14. The van der Waals surface area contributed by atoms with E-state index in [0.29, 0.717) is 13.0 Å². The Morgan fingerprint density at radius 2 is 2.04 bits per heavy atom. The quantitative estimate of drug-likeness (QED) is 0.515. The molecule has 2 unspecified atom stereocenters. The molecule has 3 N–H and O–H groups in total. The number of hydrogen-bond donors (Lipinski definition) is 3. The van der Waals surface area contributed by atoms with Gasteiger partial charge in [0.05, 0.1) is 19.9 Å². The van der Waals surface area contributed by atoms with Crippen molar-refractivity contribution < 1.29 is 14.3 Å². The fourth-order valence-electron chi connectivity index (χ4n) is 2.87. The zero-order valence-electron chi connectivity index (χ0n) is 15.4.